The van der Waals surface area contributed by atoms with Crippen molar-refractivity contribution < 1.29 is 13.2 Å². The van der Waals surface area contributed by atoms with Crippen molar-refractivity contribution in [3.8, 4) is 0 Å². The van der Waals surface area contributed by atoms with Crippen LogP contribution >= 0.6 is 0 Å². The van der Waals surface area contributed by atoms with Gasteiger partial charge < -0.3 is 4.57 Å². The number of hydrogen-bond acceptors (Lipinski definition) is 4. The molecule has 0 saturated carbocycles. The lowest BCUT2D eigenvalue weighted by Gasteiger charge is -2.06. The van der Waals surface area contributed by atoms with Gasteiger partial charge in [-0.1, -0.05) is 0 Å². The SMILES string of the molecule is CCn1cnc(S(=O)(=O)Nc2ccc(C(C)=O)cc2)c1. The third-order valence-electron chi connectivity index (χ3n) is 2.79. The first-order valence-electron chi connectivity index (χ1n) is 6.08. The van der Waals surface area contributed by atoms with Gasteiger partial charge in [0.1, 0.15) is 0 Å². The summed E-state index contributed by atoms with van der Waals surface area (Å²) in [5.41, 5.74) is 0.921. The van der Waals surface area contributed by atoms with Crippen LogP contribution in [0.25, 0.3) is 0 Å². The molecule has 106 valence electrons. The number of carbonyl (C=O) groups excluding carboxylic acids is 1. The van der Waals surface area contributed by atoms with E-state index in [0.29, 0.717) is 17.8 Å². The second-order valence-electron chi connectivity index (χ2n) is 4.28. The number of imidazole rings is 1. The average Bonchev–Trinajstić information content (AvgIpc) is 2.88. The standard InChI is InChI=1S/C13H15N3O3S/c1-3-16-8-13(14-9-16)20(18,19)15-12-6-4-11(5-7-12)10(2)17/h4-9,15H,3H2,1-2H3. The Balaban J connectivity index is 2.21. The number of carbonyl (C=O) groups is 1. The van der Waals surface area contributed by atoms with Crippen LogP contribution in [0.5, 0.6) is 0 Å². The zero-order chi connectivity index (χ0) is 14.8. The Labute approximate surface area is 117 Å². The molecule has 0 bridgehead atoms. The number of nitrogens with one attached hydrogen (secondary N) is 1. The number of benzene rings is 1. The predicted molar refractivity (Wildman–Crippen MR) is 75.2 cm³/mol. The molecular formula is C13H15N3O3S. The van der Waals surface area contributed by atoms with E-state index in [0.717, 1.165) is 0 Å². The molecule has 20 heavy (non-hydrogen) atoms. The molecule has 1 N–H and O–H groups in total. The lowest BCUT2D eigenvalue weighted by Crippen LogP contribution is -2.13. The molecule has 1 aromatic carbocycles. The van der Waals surface area contributed by atoms with E-state index in [2.05, 4.69) is 9.71 Å². The maximum Gasteiger partial charge on any atom is 0.280 e. The Morgan fingerprint density at radius 3 is 2.45 bits per heavy atom. The number of anilines is 1. The van der Waals surface area contributed by atoms with Crippen molar-refractivity contribution >= 4 is 21.5 Å². The van der Waals surface area contributed by atoms with Crippen LogP contribution in [-0.2, 0) is 16.6 Å². The number of aromatic nitrogens is 2. The van der Waals surface area contributed by atoms with Crippen LogP contribution in [0.3, 0.4) is 0 Å². The first-order valence-corrected chi connectivity index (χ1v) is 7.56. The van der Waals surface area contributed by atoms with Crippen molar-refractivity contribution in [2.24, 2.45) is 0 Å². The molecule has 1 aromatic heterocycles. The Bertz CT molecular complexity index is 718. The molecule has 0 spiro atoms. The first-order chi connectivity index (χ1) is 9.42. The molecule has 0 radical (unpaired) electrons. The Morgan fingerprint density at radius 2 is 1.95 bits per heavy atom. The fourth-order valence-corrected chi connectivity index (χ4v) is 2.64. The number of rotatable bonds is 5. The molecule has 7 heteroatoms. The van der Waals surface area contributed by atoms with Crippen LogP contribution in [0.15, 0.2) is 41.8 Å². The highest BCUT2D eigenvalue weighted by Gasteiger charge is 2.17. The van der Waals surface area contributed by atoms with Gasteiger partial charge in [0.05, 0.1) is 6.33 Å². The summed E-state index contributed by atoms with van der Waals surface area (Å²) in [7, 11) is -3.70. The van der Waals surface area contributed by atoms with Crippen molar-refractivity contribution in [2.75, 3.05) is 4.72 Å². The van der Waals surface area contributed by atoms with Crippen molar-refractivity contribution in [3.63, 3.8) is 0 Å². The van der Waals surface area contributed by atoms with Crippen LogP contribution in [0.2, 0.25) is 0 Å². The molecule has 0 saturated heterocycles. The molecule has 0 atom stereocenters. The van der Waals surface area contributed by atoms with Crippen molar-refractivity contribution in [3.05, 3.63) is 42.4 Å². The van der Waals surface area contributed by atoms with Crippen LogP contribution in [0.4, 0.5) is 5.69 Å². The molecular weight excluding hydrogens is 278 g/mol. The number of ketones is 1. The molecule has 2 aromatic rings. The summed E-state index contributed by atoms with van der Waals surface area (Å²) < 4.78 is 28.3. The maximum absolute atomic E-state index is 12.1. The van der Waals surface area contributed by atoms with E-state index in [1.165, 1.54) is 19.4 Å². The summed E-state index contributed by atoms with van der Waals surface area (Å²) in [6.07, 6.45) is 2.93. The lowest BCUT2D eigenvalue weighted by atomic mass is 10.1. The Kier molecular flexibility index (Phi) is 3.89. The summed E-state index contributed by atoms with van der Waals surface area (Å²) in [4.78, 5) is 15.0. The van der Waals surface area contributed by atoms with E-state index in [9.17, 15) is 13.2 Å². The molecule has 0 aliphatic rings. The minimum atomic E-state index is -3.70. The highest BCUT2D eigenvalue weighted by Crippen LogP contribution is 2.15. The molecule has 0 aliphatic heterocycles. The van der Waals surface area contributed by atoms with Gasteiger partial charge in [-0.3, -0.25) is 9.52 Å². The number of Topliss-reactive ketones (excluding diaryl/α,β-unsaturated/α-hetero) is 1. The maximum atomic E-state index is 12.1. The van der Waals surface area contributed by atoms with Gasteiger partial charge in [-0.2, -0.15) is 8.42 Å². The highest BCUT2D eigenvalue weighted by atomic mass is 32.2. The van der Waals surface area contributed by atoms with Crippen LogP contribution in [0.1, 0.15) is 24.2 Å². The predicted octanol–water partition coefficient (Wildman–Crippen LogP) is 1.91. The van der Waals surface area contributed by atoms with Gasteiger partial charge in [-0.05, 0) is 38.1 Å². The molecule has 0 fully saturated rings. The fourth-order valence-electron chi connectivity index (χ4n) is 1.63. The summed E-state index contributed by atoms with van der Waals surface area (Å²) in [6, 6.07) is 6.24. The van der Waals surface area contributed by atoms with Crippen molar-refractivity contribution in [1.82, 2.24) is 9.55 Å². The Morgan fingerprint density at radius 1 is 1.30 bits per heavy atom. The summed E-state index contributed by atoms with van der Waals surface area (Å²) in [6.45, 7) is 4.00. The molecule has 1 heterocycles. The minimum absolute atomic E-state index is 0.0324. The zero-order valence-electron chi connectivity index (χ0n) is 11.2. The topological polar surface area (TPSA) is 81.1 Å². The van der Waals surface area contributed by atoms with E-state index in [-0.39, 0.29) is 10.8 Å². The number of sulfonamides is 1. The van der Waals surface area contributed by atoms with Gasteiger partial charge in [0.15, 0.2) is 10.8 Å². The third kappa shape index (κ3) is 3.05. The molecule has 6 nitrogen and oxygen atoms in total. The summed E-state index contributed by atoms with van der Waals surface area (Å²) in [5.74, 6) is -0.0684. The smallest absolute Gasteiger partial charge is 0.280 e. The van der Waals surface area contributed by atoms with E-state index in [4.69, 9.17) is 0 Å². The molecule has 0 amide bonds. The van der Waals surface area contributed by atoms with Crippen molar-refractivity contribution in [2.45, 2.75) is 25.4 Å². The average molecular weight is 293 g/mol. The number of aryl methyl sites for hydroxylation is 1. The van der Waals surface area contributed by atoms with Crippen LogP contribution in [0, 0.1) is 0 Å². The van der Waals surface area contributed by atoms with E-state index < -0.39 is 10.0 Å². The van der Waals surface area contributed by atoms with Gasteiger partial charge in [-0.25, -0.2) is 4.98 Å². The van der Waals surface area contributed by atoms with Gasteiger partial charge >= 0.3 is 0 Å². The van der Waals surface area contributed by atoms with E-state index in [1.807, 2.05) is 6.92 Å². The molecule has 0 aliphatic carbocycles. The van der Waals surface area contributed by atoms with Gasteiger partial charge in [0.2, 0.25) is 0 Å². The van der Waals surface area contributed by atoms with Gasteiger partial charge in [0, 0.05) is 24.0 Å². The fraction of sp³-hybridized carbons (Fsp3) is 0.231. The quantitative estimate of drug-likeness (QED) is 0.854. The van der Waals surface area contributed by atoms with Crippen LogP contribution in [-0.4, -0.2) is 23.8 Å². The highest BCUT2D eigenvalue weighted by molar-refractivity contribution is 7.92. The third-order valence-corrected chi connectivity index (χ3v) is 4.06. The number of hydrogen-bond donors (Lipinski definition) is 1. The second kappa shape index (κ2) is 5.46. The zero-order valence-corrected chi connectivity index (χ0v) is 12.0. The normalized spacial score (nSPS) is 11.3. The van der Waals surface area contributed by atoms with Crippen molar-refractivity contribution in [1.29, 1.82) is 0 Å². The second-order valence-corrected chi connectivity index (χ2v) is 5.91. The molecule has 2 rings (SSSR count). The van der Waals surface area contributed by atoms with Gasteiger partial charge in [0.25, 0.3) is 10.0 Å². The monoisotopic (exact) mass is 293 g/mol. The van der Waals surface area contributed by atoms with Gasteiger partial charge in [-0.15, -0.1) is 0 Å². The summed E-state index contributed by atoms with van der Waals surface area (Å²) >= 11 is 0. The number of nitrogens with zero attached hydrogens (tertiary/aromatic N) is 2. The van der Waals surface area contributed by atoms with E-state index in [1.54, 1.807) is 28.8 Å². The Hall–Kier alpha value is -2.15. The lowest BCUT2D eigenvalue weighted by molar-refractivity contribution is 0.101. The summed E-state index contributed by atoms with van der Waals surface area (Å²) in [5, 5.41) is -0.0324. The largest absolute Gasteiger partial charge is 0.336 e. The molecule has 0 unspecified atom stereocenters. The minimum Gasteiger partial charge on any atom is -0.336 e. The first kappa shape index (κ1) is 14.3. The van der Waals surface area contributed by atoms with Crippen LogP contribution < -0.4 is 4.72 Å². The van der Waals surface area contributed by atoms with E-state index >= 15 is 0 Å².